The van der Waals surface area contributed by atoms with E-state index in [9.17, 15) is 14.4 Å². The van der Waals surface area contributed by atoms with Crippen LogP contribution in [0.4, 0.5) is 5.69 Å². The number of ketones is 1. The second-order valence-electron chi connectivity index (χ2n) is 6.12. The van der Waals surface area contributed by atoms with Gasteiger partial charge in [-0.3, -0.25) is 14.4 Å². The third-order valence-corrected chi connectivity index (χ3v) is 3.89. The summed E-state index contributed by atoms with van der Waals surface area (Å²) in [5, 5.41) is 2.64. The molecule has 27 heavy (non-hydrogen) atoms. The molecule has 0 heterocycles. The lowest BCUT2D eigenvalue weighted by Crippen LogP contribution is -2.30. The maximum atomic E-state index is 12.1. The van der Waals surface area contributed by atoms with Gasteiger partial charge in [-0.25, -0.2) is 0 Å². The average molecular weight is 369 g/mol. The van der Waals surface area contributed by atoms with E-state index in [0.717, 1.165) is 5.56 Å². The fourth-order valence-corrected chi connectivity index (χ4v) is 2.30. The van der Waals surface area contributed by atoms with Crippen LogP contribution in [0.1, 0.15) is 36.2 Å². The van der Waals surface area contributed by atoms with E-state index >= 15 is 0 Å². The van der Waals surface area contributed by atoms with Gasteiger partial charge in [-0.15, -0.1) is 0 Å². The molecule has 0 aliphatic carbocycles. The molecule has 0 saturated heterocycles. The zero-order valence-electron chi connectivity index (χ0n) is 15.7. The molecule has 1 atom stereocenters. The molecule has 0 unspecified atom stereocenters. The van der Waals surface area contributed by atoms with Crippen LogP contribution in [0.5, 0.6) is 5.75 Å². The van der Waals surface area contributed by atoms with Crippen LogP contribution in [0, 0.1) is 6.92 Å². The summed E-state index contributed by atoms with van der Waals surface area (Å²) < 4.78 is 10.7. The highest BCUT2D eigenvalue weighted by molar-refractivity contribution is 5.97. The van der Waals surface area contributed by atoms with Gasteiger partial charge in [-0.05, 0) is 56.7 Å². The third-order valence-electron chi connectivity index (χ3n) is 3.89. The first-order chi connectivity index (χ1) is 12.9. The first kappa shape index (κ1) is 20.2. The Morgan fingerprint density at radius 1 is 1.04 bits per heavy atom. The molecule has 2 aromatic carbocycles. The minimum atomic E-state index is -0.941. The molecule has 0 fully saturated rings. The molecule has 2 aromatic rings. The number of aryl methyl sites for hydroxylation is 1. The fourth-order valence-electron chi connectivity index (χ4n) is 2.30. The van der Waals surface area contributed by atoms with Crippen LogP contribution < -0.4 is 10.1 Å². The highest BCUT2D eigenvalue weighted by Crippen LogP contribution is 2.16. The van der Waals surface area contributed by atoms with Crippen LogP contribution in [0.25, 0.3) is 0 Å². The summed E-state index contributed by atoms with van der Waals surface area (Å²) in [7, 11) is 0. The van der Waals surface area contributed by atoms with Crippen LogP contribution in [-0.2, 0) is 14.3 Å². The largest absolute Gasteiger partial charge is 0.493 e. The van der Waals surface area contributed by atoms with E-state index in [-0.39, 0.29) is 18.8 Å². The topological polar surface area (TPSA) is 81.7 Å². The number of benzene rings is 2. The molecule has 1 amide bonds. The first-order valence-electron chi connectivity index (χ1n) is 8.66. The fraction of sp³-hybridized carbons (Fsp3) is 0.286. The van der Waals surface area contributed by atoms with Crippen LogP contribution in [0.2, 0.25) is 0 Å². The average Bonchev–Trinajstić information content (AvgIpc) is 2.63. The number of carbonyl (C=O) groups is 3. The number of hydrogen-bond acceptors (Lipinski definition) is 5. The predicted molar refractivity (Wildman–Crippen MR) is 102 cm³/mol. The standard InChI is InChI=1S/C21H23NO5/c1-14-6-4-5-7-19(14)26-13-12-20(24)27-16(3)21(25)22-18-10-8-17(9-11-18)15(2)23/h4-11,16H,12-13H2,1-3H3,(H,22,25)/t16-/m0/s1. The lowest BCUT2D eigenvalue weighted by Gasteiger charge is -2.14. The maximum Gasteiger partial charge on any atom is 0.310 e. The molecule has 0 aliphatic rings. The van der Waals surface area contributed by atoms with Crippen molar-refractivity contribution in [3.8, 4) is 5.75 Å². The summed E-state index contributed by atoms with van der Waals surface area (Å²) in [5.74, 6) is -0.301. The lowest BCUT2D eigenvalue weighted by atomic mass is 10.1. The molecule has 0 aromatic heterocycles. The summed E-state index contributed by atoms with van der Waals surface area (Å²) in [6.45, 7) is 5.06. The highest BCUT2D eigenvalue weighted by atomic mass is 16.5. The maximum absolute atomic E-state index is 12.1. The zero-order valence-corrected chi connectivity index (χ0v) is 15.7. The van der Waals surface area contributed by atoms with Crippen molar-refractivity contribution in [1.29, 1.82) is 0 Å². The number of para-hydroxylation sites is 1. The van der Waals surface area contributed by atoms with Crippen LogP contribution in [0.15, 0.2) is 48.5 Å². The van der Waals surface area contributed by atoms with E-state index in [1.807, 2.05) is 31.2 Å². The van der Waals surface area contributed by atoms with E-state index in [0.29, 0.717) is 17.0 Å². The van der Waals surface area contributed by atoms with E-state index < -0.39 is 18.0 Å². The van der Waals surface area contributed by atoms with Crippen LogP contribution in [-0.4, -0.2) is 30.4 Å². The number of hydrogen-bond donors (Lipinski definition) is 1. The summed E-state index contributed by atoms with van der Waals surface area (Å²) in [4.78, 5) is 35.3. The van der Waals surface area contributed by atoms with Gasteiger partial charge >= 0.3 is 5.97 Å². The van der Waals surface area contributed by atoms with E-state index in [2.05, 4.69) is 5.32 Å². The minimum Gasteiger partial charge on any atom is -0.493 e. The summed E-state index contributed by atoms with van der Waals surface area (Å²) in [6.07, 6.45) is -0.900. The van der Waals surface area contributed by atoms with Crippen molar-refractivity contribution in [1.82, 2.24) is 0 Å². The molecular formula is C21H23NO5. The van der Waals surface area contributed by atoms with E-state index in [1.165, 1.54) is 13.8 Å². The van der Waals surface area contributed by atoms with Gasteiger partial charge in [0, 0.05) is 11.3 Å². The van der Waals surface area contributed by atoms with Crippen LogP contribution >= 0.6 is 0 Å². The van der Waals surface area contributed by atoms with E-state index in [1.54, 1.807) is 24.3 Å². The Kier molecular flexibility index (Phi) is 7.11. The Morgan fingerprint density at radius 3 is 2.33 bits per heavy atom. The second-order valence-corrected chi connectivity index (χ2v) is 6.12. The van der Waals surface area contributed by atoms with Crippen molar-refractivity contribution in [3.63, 3.8) is 0 Å². The Hall–Kier alpha value is -3.15. The molecule has 6 heteroatoms. The number of ether oxygens (including phenoxy) is 2. The molecule has 0 radical (unpaired) electrons. The van der Waals surface area contributed by atoms with Crippen molar-refractivity contribution >= 4 is 23.3 Å². The number of anilines is 1. The van der Waals surface area contributed by atoms with Crippen LogP contribution in [0.3, 0.4) is 0 Å². The second kappa shape index (κ2) is 9.52. The first-order valence-corrected chi connectivity index (χ1v) is 8.66. The number of esters is 1. The van der Waals surface area contributed by atoms with Crippen molar-refractivity contribution in [3.05, 3.63) is 59.7 Å². The monoisotopic (exact) mass is 369 g/mol. The molecule has 142 valence electrons. The molecule has 0 spiro atoms. The van der Waals surface area contributed by atoms with Gasteiger partial charge in [-0.1, -0.05) is 18.2 Å². The molecule has 1 N–H and O–H groups in total. The quantitative estimate of drug-likeness (QED) is 0.568. The number of nitrogens with one attached hydrogen (secondary N) is 1. The number of carbonyl (C=O) groups excluding carboxylic acids is 3. The summed E-state index contributed by atoms with van der Waals surface area (Å²) in [6, 6.07) is 14.0. The molecule has 0 aliphatic heterocycles. The van der Waals surface area contributed by atoms with Gasteiger partial charge in [0.25, 0.3) is 5.91 Å². The summed E-state index contributed by atoms with van der Waals surface area (Å²) in [5.41, 5.74) is 2.06. The molecule has 0 saturated carbocycles. The SMILES string of the molecule is CC(=O)c1ccc(NC(=O)[C@H](C)OC(=O)CCOc2ccccc2C)cc1. The van der Waals surface area contributed by atoms with Gasteiger partial charge < -0.3 is 14.8 Å². The molecule has 6 nitrogen and oxygen atoms in total. The summed E-state index contributed by atoms with van der Waals surface area (Å²) >= 11 is 0. The Labute approximate surface area is 158 Å². The van der Waals surface area contributed by atoms with Crippen molar-refractivity contribution in [2.24, 2.45) is 0 Å². The number of rotatable bonds is 8. The van der Waals surface area contributed by atoms with Gasteiger partial charge in [-0.2, -0.15) is 0 Å². The van der Waals surface area contributed by atoms with Crippen molar-refractivity contribution < 1.29 is 23.9 Å². The van der Waals surface area contributed by atoms with Crippen molar-refractivity contribution in [2.75, 3.05) is 11.9 Å². The zero-order chi connectivity index (χ0) is 19.8. The molecule has 2 rings (SSSR count). The molecule has 0 bridgehead atoms. The van der Waals surface area contributed by atoms with Gasteiger partial charge in [0.15, 0.2) is 11.9 Å². The third kappa shape index (κ3) is 6.26. The minimum absolute atomic E-state index is 0.0409. The van der Waals surface area contributed by atoms with Gasteiger partial charge in [0.2, 0.25) is 0 Å². The lowest BCUT2D eigenvalue weighted by molar-refractivity contribution is -0.153. The smallest absolute Gasteiger partial charge is 0.310 e. The van der Waals surface area contributed by atoms with Gasteiger partial charge in [0.1, 0.15) is 5.75 Å². The van der Waals surface area contributed by atoms with Crippen molar-refractivity contribution in [2.45, 2.75) is 33.3 Å². The normalized spacial score (nSPS) is 11.4. The number of amides is 1. The number of Topliss-reactive ketones (excluding diaryl/α,β-unsaturated/α-hetero) is 1. The van der Waals surface area contributed by atoms with Gasteiger partial charge in [0.05, 0.1) is 13.0 Å². The predicted octanol–water partition coefficient (Wildman–Crippen LogP) is 3.54. The van der Waals surface area contributed by atoms with E-state index in [4.69, 9.17) is 9.47 Å². The molecular weight excluding hydrogens is 346 g/mol. The highest BCUT2D eigenvalue weighted by Gasteiger charge is 2.18. The Morgan fingerprint density at radius 2 is 1.70 bits per heavy atom. The Balaban J connectivity index is 1.77. The Bertz CT molecular complexity index is 814.